The lowest BCUT2D eigenvalue weighted by Crippen LogP contribution is -2.39. The van der Waals surface area contributed by atoms with Crippen LogP contribution >= 0.6 is 0 Å². The van der Waals surface area contributed by atoms with E-state index >= 15 is 4.39 Å². The fraction of sp³-hybridized carbons (Fsp3) is 0.143. The van der Waals surface area contributed by atoms with Crippen LogP contribution in [0.5, 0.6) is 0 Å². The van der Waals surface area contributed by atoms with E-state index in [9.17, 15) is 4.39 Å². The lowest BCUT2D eigenvalue weighted by Gasteiger charge is -2.39. The van der Waals surface area contributed by atoms with Crippen molar-refractivity contribution in [3.8, 4) is 22.3 Å². The third kappa shape index (κ3) is 4.22. The lowest BCUT2D eigenvalue weighted by molar-refractivity contribution is 0.527. The van der Waals surface area contributed by atoms with Gasteiger partial charge in [-0.15, -0.1) is 0 Å². The first kappa shape index (κ1) is 20.8. The van der Waals surface area contributed by atoms with Crippen molar-refractivity contribution < 1.29 is 8.78 Å². The second kappa shape index (κ2) is 8.35. The summed E-state index contributed by atoms with van der Waals surface area (Å²) in [4.78, 5) is 1.75. The van der Waals surface area contributed by atoms with Crippen molar-refractivity contribution in [3.05, 3.63) is 109 Å². The number of hydrogen-bond donors (Lipinski definition) is 0. The number of halogens is 2. The molecule has 4 aromatic rings. The fourth-order valence-electron chi connectivity index (χ4n) is 3.92. The average Bonchev–Trinajstić information content (AvgIpc) is 2.76. The summed E-state index contributed by atoms with van der Waals surface area (Å²) in [5.74, 6) is -0.773. The maximum atomic E-state index is 15.4. The monoisotopic (exact) mass is 413 g/mol. The molecule has 0 aromatic heterocycles. The predicted molar refractivity (Wildman–Crippen MR) is 126 cm³/mol. The van der Waals surface area contributed by atoms with Gasteiger partial charge in [-0.2, -0.15) is 0 Å². The molecule has 0 heterocycles. The quantitative estimate of drug-likeness (QED) is 0.326. The van der Waals surface area contributed by atoms with Crippen LogP contribution in [-0.2, 0) is 0 Å². The zero-order chi connectivity index (χ0) is 22.0. The van der Waals surface area contributed by atoms with Crippen molar-refractivity contribution in [2.24, 2.45) is 0 Å². The third-order valence-corrected chi connectivity index (χ3v) is 5.26. The number of benzene rings is 4. The van der Waals surface area contributed by atoms with Crippen LogP contribution in [0.2, 0.25) is 0 Å². The number of rotatable bonds is 4. The van der Waals surface area contributed by atoms with Crippen molar-refractivity contribution in [3.63, 3.8) is 0 Å². The minimum atomic E-state index is -0.559. The highest BCUT2D eigenvalue weighted by Gasteiger charge is 2.30. The Morgan fingerprint density at radius 3 is 1.87 bits per heavy atom. The van der Waals surface area contributed by atoms with Crippen molar-refractivity contribution in [1.82, 2.24) is 0 Å². The van der Waals surface area contributed by atoms with E-state index in [1.165, 1.54) is 12.1 Å². The van der Waals surface area contributed by atoms with Crippen LogP contribution in [0.25, 0.3) is 22.3 Å². The first-order valence-electron chi connectivity index (χ1n) is 10.4. The Labute approximate surface area is 182 Å². The molecule has 0 radical (unpaired) electrons. The second-order valence-corrected chi connectivity index (χ2v) is 8.54. The third-order valence-electron chi connectivity index (χ3n) is 5.26. The molecule has 0 atom stereocenters. The van der Waals surface area contributed by atoms with Gasteiger partial charge in [0.05, 0.1) is 11.4 Å². The summed E-state index contributed by atoms with van der Waals surface area (Å²) < 4.78 is 30.2. The molecule has 0 aliphatic rings. The van der Waals surface area contributed by atoms with Crippen LogP contribution in [0.15, 0.2) is 97.1 Å². The largest absolute Gasteiger partial charge is 0.331 e. The molecule has 1 nitrogen and oxygen atoms in total. The summed E-state index contributed by atoms with van der Waals surface area (Å²) in [7, 11) is 0. The molecule has 0 spiro atoms. The van der Waals surface area contributed by atoms with Crippen LogP contribution in [-0.4, -0.2) is 5.54 Å². The number of anilines is 2. The first-order chi connectivity index (χ1) is 14.9. The van der Waals surface area contributed by atoms with Gasteiger partial charge in [0, 0.05) is 11.1 Å². The molecule has 4 aromatic carbocycles. The standard InChI is InChI=1S/C28H25F2N/c1-28(2,3)31(26-18-8-7-16-24(26)29)27-23(15-10-17-25(27)30)22-14-9-13-21(19-22)20-11-5-4-6-12-20/h4-19H,1-3H3. The van der Waals surface area contributed by atoms with Crippen LogP contribution in [0, 0.1) is 11.6 Å². The molecule has 0 unspecified atom stereocenters. The van der Waals surface area contributed by atoms with E-state index in [0.29, 0.717) is 11.4 Å². The molecule has 0 aliphatic carbocycles. The van der Waals surface area contributed by atoms with Crippen LogP contribution < -0.4 is 4.90 Å². The van der Waals surface area contributed by atoms with E-state index in [1.807, 2.05) is 75.4 Å². The molecule has 0 saturated heterocycles. The van der Waals surface area contributed by atoms with Gasteiger partial charge in [-0.25, -0.2) is 8.78 Å². The molecule has 0 N–H and O–H groups in total. The molecule has 0 fully saturated rings. The van der Waals surface area contributed by atoms with Gasteiger partial charge >= 0.3 is 0 Å². The number of para-hydroxylation sites is 2. The van der Waals surface area contributed by atoms with E-state index in [1.54, 1.807) is 29.2 Å². The van der Waals surface area contributed by atoms with Gasteiger partial charge in [-0.1, -0.05) is 72.8 Å². The minimum Gasteiger partial charge on any atom is -0.331 e. The van der Waals surface area contributed by atoms with Crippen LogP contribution in [0.1, 0.15) is 20.8 Å². The molecule has 4 rings (SSSR count). The molecule has 0 bridgehead atoms. The van der Waals surface area contributed by atoms with Crippen molar-refractivity contribution in [1.29, 1.82) is 0 Å². The van der Waals surface area contributed by atoms with Gasteiger partial charge in [0.25, 0.3) is 0 Å². The molecule has 0 aliphatic heterocycles. The Morgan fingerprint density at radius 1 is 0.581 bits per heavy atom. The predicted octanol–water partition coefficient (Wildman–Crippen LogP) is 8.24. The van der Waals surface area contributed by atoms with Gasteiger partial charge < -0.3 is 4.90 Å². The normalized spacial score (nSPS) is 11.4. The first-order valence-corrected chi connectivity index (χ1v) is 10.4. The van der Waals surface area contributed by atoms with E-state index in [2.05, 4.69) is 6.07 Å². The van der Waals surface area contributed by atoms with E-state index in [0.717, 1.165) is 22.3 Å². The molecule has 31 heavy (non-hydrogen) atoms. The second-order valence-electron chi connectivity index (χ2n) is 8.54. The molecule has 0 amide bonds. The highest BCUT2D eigenvalue weighted by molar-refractivity contribution is 5.85. The van der Waals surface area contributed by atoms with Crippen molar-refractivity contribution in [2.75, 3.05) is 4.90 Å². The van der Waals surface area contributed by atoms with Crippen LogP contribution in [0.4, 0.5) is 20.2 Å². The molecular formula is C28H25F2N. The Balaban J connectivity index is 1.93. The summed E-state index contributed by atoms with van der Waals surface area (Å²) in [5.41, 5.74) is 3.88. The summed E-state index contributed by atoms with van der Waals surface area (Å²) in [6.45, 7) is 5.86. The van der Waals surface area contributed by atoms with Gasteiger partial charge in [-0.05, 0) is 61.7 Å². The maximum Gasteiger partial charge on any atom is 0.147 e. The lowest BCUT2D eigenvalue weighted by atomic mass is 9.95. The van der Waals surface area contributed by atoms with E-state index in [-0.39, 0.29) is 11.6 Å². The highest BCUT2D eigenvalue weighted by Crippen LogP contribution is 2.43. The number of hydrogen-bond acceptors (Lipinski definition) is 1. The summed E-state index contributed by atoms with van der Waals surface area (Å²) in [6, 6.07) is 29.6. The molecule has 156 valence electrons. The van der Waals surface area contributed by atoms with Crippen molar-refractivity contribution >= 4 is 11.4 Å². The summed E-state index contributed by atoms with van der Waals surface area (Å²) >= 11 is 0. The Hall–Kier alpha value is -3.46. The minimum absolute atomic E-state index is 0.348. The molecule has 3 heteroatoms. The highest BCUT2D eigenvalue weighted by atomic mass is 19.1. The summed E-state index contributed by atoms with van der Waals surface area (Å²) in [5, 5.41) is 0. The maximum absolute atomic E-state index is 15.4. The average molecular weight is 414 g/mol. The van der Waals surface area contributed by atoms with Crippen molar-refractivity contribution in [2.45, 2.75) is 26.3 Å². The van der Waals surface area contributed by atoms with E-state index in [4.69, 9.17) is 0 Å². The Kier molecular flexibility index (Phi) is 5.60. The Morgan fingerprint density at radius 2 is 1.16 bits per heavy atom. The topological polar surface area (TPSA) is 3.24 Å². The zero-order valence-electron chi connectivity index (χ0n) is 17.9. The molecular weight excluding hydrogens is 388 g/mol. The van der Waals surface area contributed by atoms with Gasteiger partial charge in [-0.3, -0.25) is 0 Å². The molecule has 0 saturated carbocycles. The number of nitrogens with zero attached hydrogens (tertiary/aromatic N) is 1. The van der Waals surface area contributed by atoms with E-state index < -0.39 is 5.54 Å². The smallest absolute Gasteiger partial charge is 0.147 e. The fourth-order valence-corrected chi connectivity index (χ4v) is 3.92. The zero-order valence-corrected chi connectivity index (χ0v) is 17.9. The van der Waals surface area contributed by atoms with Gasteiger partial charge in [0.2, 0.25) is 0 Å². The Bertz CT molecular complexity index is 1190. The van der Waals surface area contributed by atoms with Crippen LogP contribution in [0.3, 0.4) is 0 Å². The van der Waals surface area contributed by atoms with Gasteiger partial charge in [0.1, 0.15) is 11.6 Å². The van der Waals surface area contributed by atoms with Gasteiger partial charge in [0.15, 0.2) is 0 Å². The summed E-state index contributed by atoms with van der Waals surface area (Å²) in [6.07, 6.45) is 0. The SMILES string of the molecule is CC(C)(C)N(c1ccccc1F)c1c(F)cccc1-c1cccc(-c2ccccc2)c1.